The number of nitro benzene ring substituents is 1. The van der Waals surface area contributed by atoms with Crippen LogP contribution >= 0.6 is 0 Å². The molecule has 0 aliphatic carbocycles. The zero-order valence-electron chi connectivity index (χ0n) is 14.4. The Morgan fingerprint density at radius 3 is 2.50 bits per heavy atom. The van der Waals surface area contributed by atoms with E-state index in [0.29, 0.717) is 18.8 Å². The van der Waals surface area contributed by atoms with Crippen LogP contribution in [0.1, 0.15) is 26.2 Å². The minimum absolute atomic E-state index is 0.105. The van der Waals surface area contributed by atoms with E-state index in [1.807, 2.05) is 19.0 Å². The second-order valence-corrected chi connectivity index (χ2v) is 7.54. The highest BCUT2D eigenvalue weighted by Gasteiger charge is 2.21. The van der Waals surface area contributed by atoms with Crippen molar-refractivity contribution in [3.63, 3.8) is 0 Å². The van der Waals surface area contributed by atoms with Crippen LogP contribution in [0.4, 0.5) is 11.4 Å². The minimum Gasteiger partial charge on any atom is -0.379 e. The molecule has 9 heteroatoms. The molecule has 0 saturated carbocycles. The molecule has 0 bridgehead atoms. The van der Waals surface area contributed by atoms with Gasteiger partial charge >= 0.3 is 0 Å². The van der Waals surface area contributed by atoms with E-state index in [1.165, 1.54) is 12.1 Å². The summed E-state index contributed by atoms with van der Waals surface area (Å²) in [6.07, 6.45) is 2.99. The third kappa shape index (κ3) is 6.42. The van der Waals surface area contributed by atoms with Crippen molar-refractivity contribution in [2.24, 2.45) is 0 Å². The summed E-state index contributed by atoms with van der Waals surface area (Å²) in [5.41, 5.74) is 0.102. The van der Waals surface area contributed by atoms with Gasteiger partial charge in [0.25, 0.3) is 5.69 Å². The van der Waals surface area contributed by atoms with Gasteiger partial charge in [0.05, 0.1) is 9.82 Å². The maximum absolute atomic E-state index is 12.2. The van der Waals surface area contributed by atoms with E-state index in [9.17, 15) is 18.5 Å². The molecule has 0 unspecified atom stereocenters. The molecule has 0 aliphatic rings. The van der Waals surface area contributed by atoms with Gasteiger partial charge < -0.3 is 10.2 Å². The van der Waals surface area contributed by atoms with Gasteiger partial charge in [-0.3, -0.25) is 10.1 Å². The summed E-state index contributed by atoms with van der Waals surface area (Å²) in [4.78, 5) is 12.4. The molecule has 24 heavy (non-hydrogen) atoms. The number of rotatable bonds is 11. The van der Waals surface area contributed by atoms with Crippen molar-refractivity contribution in [1.82, 2.24) is 9.62 Å². The average Bonchev–Trinajstić information content (AvgIpc) is 2.50. The van der Waals surface area contributed by atoms with Gasteiger partial charge in [-0.15, -0.1) is 0 Å². The lowest BCUT2D eigenvalue weighted by Crippen LogP contribution is -2.31. The Labute approximate surface area is 143 Å². The quantitative estimate of drug-likeness (QED) is 0.356. The largest absolute Gasteiger partial charge is 0.379 e. The number of unbranched alkanes of at least 4 members (excludes halogenated alkanes) is 2. The first-order valence-corrected chi connectivity index (χ1v) is 9.43. The van der Waals surface area contributed by atoms with Crippen LogP contribution in [0, 0.1) is 10.1 Å². The lowest BCUT2D eigenvalue weighted by molar-refractivity contribution is -0.384. The normalized spacial score (nSPS) is 11.7. The maximum Gasteiger partial charge on any atom is 0.293 e. The van der Waals surface area contributed by atoms with E-state index in [-0.39, 0.29) is 17.1 Å². The number of hydrogen-bond donors (Lipinski definition) is 2. The van der Waals surface area contributed by atoms with Gasteiger partial charge in [-0.05, 0) is 32.6 Å². The van der Waals surface area contributed by atoms with Gasteiger partial charge in [0.2, 0.25) is 10.0 Å². The van der Waals surface area contributed by atoms with Crippen LogP contribution in [0.5, 0.6) is 0 Å². The first-order valence-electron chi connectivity index (χ1n) is 7.94. The van der Waals surface area contributed by atoms with Crippen LogP contribution < -0.4 is 10.0 Å². The molecule has 0 radical (unpaired) electrons. The van der Waals surface area contributed by atoms with Gasteiger partial charge in [-0.2, -0.15) is 0 Å². The Morgan fingerprint density at radius 2 is 1.92 bits per heavy atom. The third-order valence-corrected chi connectivity index (χ3v) is 4.88. The molecule has 1 rings (SSSR count). The zero-order valence-corrected chi connectivity index (χ0v) is 15.2. The molecule has 1 aromatic carbocycles. The van der Waals surface area contributed by atoms with Gasteiger partial charge in [-0.1, -0.05) is 19.8 Å². The van der Waals surface area contributed by atoms with E-state index in [4.69, 9.17) is 0 Å². The molecule has 0 amide bonds. The van der Waals surface area contributed by atoms with E-state index in [1.54, 1.807) is 0 Å². The van der Waals surface area contributed by atoms with Crippen molar-refractivity contribution in [2.45, 2.75) is 31.1 Å². The van der Waals surface area contributed by atoms with Gasteiger partial charge in [0.15, 0.2) is 0 Å². The molecule has 0 saturated heterocycles. The van der Waals surface area contributed by atoms with Gasteiger partial charge in [0.1, 0.15) is 5.69 Å². The summed E-state index contributed by atoms with van der Waals surface area (Å²) in [6.45, 7) is 3.46. The number of hydrogen-bond acceptors (Lipinski definition) is 6. The molecule has 0 fully saturated rings. The lowest BCUT2D eigenvalue weighted by atomic mass is 10.2. The summed E-state index contributed by atoms with van der Waals surface area (Å²) in [5.74, 6) is 0. The zero-order chi connectivity index (χ0) is 18.2. The predicted octanol–water partition coefficient (Wildman–Crippen LogP) is 2.04. The lowest BCUT2D eigenvalue weighted by Gasteiger charge is -2.12. The summed E-state index contributed by atoms with van der Waals surface area (Å²) >= 11 is 0. The Bertz CT molecular complexity index is 647. The molecule has 2 N–H and O–H groups in total. The van der Waals surface area contributed by atoms with Crippen LogP contribution in [0.25, 0.3) is 0 Å². The van der Waals surface area contributed by atoms with E-state index in [2.05, 4.69) is 17.0 Å². The SMILES string of the molecule is CCCCCNc1ccc(S(=O)(=O)NCCN(C)C)cc1[N+](=O)[O-]. The summed E-state index contributed by atoms with van der Waals surface area (Å²) < 4.78 is 26.9. The number of benzene rings is 1. The van der Waals surface area contributed by atoms with Crippen LogP contribution in [0.3, 0.4) is 0 Å². The second-order valence-electron chi connectivity index (χ2n) is 5.77. The highest BCUT2D eigenvalue weighted by Crippen LogP contribution is 2.27. The van der Waals surface area contributed by atoms with Crippen LogP contribution in [-0.2, 0) is 10.0 Å². The first-order chi connectivity index (χ1) is 11.3. The van der Waals surface area contributed by atoms with E-state index >= 15 is 0 Å². The molecule has 0 aromatic heterocycles. The highest BCUT2D eigenvalue weighted by molar-refractivity contribution is 7.89. The topological polar surface area (TPSA) is 105 Å². The van der Waals surface area contributed by atoms with Crippen LogP contribution in [0.2, 0.25) is 0 Å². The van der Waals surface area contributed by atoms with Crippen molar-refractivity contribution in [2.75, 3.05) is 39.0 Å². The average molecular weight is 358 g/mol. The highest BCUT2D eigenvalue weighted by atomic mass is 32.2. The molecular weight excluding hydrogens is 332 g/mol. The predicted molar refractivity (Wildman–Crippen MR) is 94.9 cm³/mol. The minimum atomic E-state index is -3.77. The maximum atomic E-state index is 12.2. The fourth-order valence-electron chi connectivity index (χ4n) is 2.06. The number of nitrogens with one attached hydrogen (secondary N) is 2. The van der Waals surface area contributed by atoms with Crippen molar-refractivity contribution >= 4 is 21.4 Å². The Balaban J connectivity index is 2.90. The van der Waals surface area contributed by atoms with Gasteiger partial charge in [0, 0.05) is 25.7 Å². The number of nitro groups is 1. The van der Waals surface area contributed by atoms with Crippen molar-refractivity contribution < 1.29 is 13.3 Å². The summed E-state index contributed by atoms with van der Waals surface area (Å²) in [5, 5.41) is 14.2. The Morgan fingerprint density at radius 1 is 1.21 bits per heavy atom. The molecule has 1 aromatic rings. The van der Waals surface area contributed by atoms with E-state index in [0.717, 1.165) is 25.3 Å². The number of likely N-dealkylation sites (N-methyl/N-ethyl adjacent to an activating group) is 1. The fourth-order valence-corrected chi connectivity index (χ4v) is 3.10. The molecule has 0 spiro atoms. The Kier molecular flexibility index (Phi) is 8.09. The second kappa shape index (κ2) is 9.55. The number of sulfonamides is 1. The van der Waals surface area contributed by atoms with Crippen LogP contribution in [-0.4, -0.2) is 52.0 Å². The summed E-state index contributed by atoms with van der Waals surface area (Å²) in [7, 11) is -0.104. The standard InChI is InChI=1S/C15H26N4O4S/c1-4-5-6-9-16-14-8-7-13(12-15(14)19(20)21)24(22,23)17-10-11-18(2)3/h7-8,12,16-17H,4-6,9-11H2,1-3H3. The van der Waals surface area contributed by atoms with Crippen LogP contribution in [0.15, 0.2) is 23.1 Å². The first kappa shape index (κ1) is 20.3. The molecule has 0 atom stereocenters. The van der Waals surface area contributed by atoms with Crippen molar-refractivity contribution in [3.05, 3.63) is 28.3 Å². The monoisotopic (exact) mass is 358 g/mol. The fraction of sp³-hybridized carbons (Fsp3) is 0.600. The number of anilines is 1. The van der Waals surface area contributed by atoms with Gasteiger partial charge in [-0.25, -0.2) is 13.1 Å². The molecule has 136 valence electrons. The van der Waals surface area contributed by atoms with E-state index < -0.39 is 14.9 Å². The molecule has 0 heterocycles. The molecular formula is C15H26N4O4S. The van der Waals surface area contributed by atoms with Crippen molar-refractivity contribution in [3.8, 4) is 0 Å². The molecule has 0 aliphatic heterocycles. The Hall–Kier alpha value is -1.71. The number of nitrogens with zero attached hydrogens (tertiary/aromatic N) is 2. The smallest absolute Gasteiger partial charge is 0.293 e. The van der Waals surface area contributed by atoms with Crippen molar-refractivity contribution in [1.29, 1.82) is 0 Å². The third-order valence-electron chi connectivity index (χ3n) is 3.42. The molecule has 8 nitrogen and oxygen atoms in total. The summed E-state index contributed by atoms with van der Waals surface area (Å²) in [6, 6.07) is 3.93.